The maximum Gasteiger partial charge on any atom is 0.272 e. The van der Waals surface area contributed by atoms with Crippen LogP contribution in [0.25, 0.3) is 0 Å². The second kappa shape index (κ2) is 6.57. The highest BCUT2D eigenvalue weighted by molar-refractivity contribution is 5.94. The molecule has 0 radical (unpaired) electrons. The Labute approximate surface area is 144 Å². The van der Waals surface area contributed by atoms with Crippen LogP contribution in [0, 0.1) is 12.3 Å². The van der Waals surface area contributed by atoms with Crippen LogP contribution in [-0.4, -0.2) is 46.1 Å². The maximum absolute atomic E-state index is 13.0. The fraction of sp³-hybridized carbons (Fsp3) is 0.722. The average Bonchev–Trinajstić information content (AvgIpc) is 3.08. The minimum absolute atomic E-state index is 0.0418. The maximum atomic E-state index is 13.0. The van der Waals surface area contributed by atoms with Gasteiger partial charge in [-0.15, -0.1) is 0 Å². The Morgan fingerprint density at radius 2 is 2.04 bits per heavy atom. The summed E-state index contributed by atoms with van der Waals surface area (Å²) in [5.41, 5.74) is 0.655. The molecule has 0 aliphatic carbocycles. The van der Waals surface area contributed by atoms with E-state index in [2.05, 4.69) is 10.4 Å². The summed E-state index contributed by atoms with van der Waals surface area (Å²) >= 11 is 0. The first-order valence-electron chi connectivity index (χ1n) is 8.73. The predicted molar refractivity (Wildman–Crippen MR) is 93.9 cm³/mol. The summed E-state index contributed by atoms with van der Waals surface area (Å²) in [7, 11) is 0. The van der Waals surface area contributed by atoms with E-state index in [1.165, 1.54) is 0 Å². The van der Waals surface area contributed by atoms with Gasteiger partial charge in [0, 0.05) is 19.6 Å². The largest absolute Gasteiger partial charge is 0.356 e. The van der Waals surface area contributed by atoms with Gasteiger partial charge in [-0.3, -0.25) is 14.3 Å². The summed E-state index contributed by atoms with van der Waals surface area (Å²) in [6, 6.07) is 1.83. The molecule has 2 heterocycles. The van der Waals surface area contributed by atoms with E-state index >= 15 is 0 Å². The smallest absolute Gasteiger partial charge is 0.272 e. The minimum atomic E-state index is -0.507. The molecule has 2 rings (SSSR count). The first kappa shape index (κ1) is 18.5. The van der Waals surface area contributed by atoms with Crippen LogP contribution in [0.5, 0.6) is 0 Å². The van der Waals surface area contributed by atoms with Crippen molar-refractivity contribution in [2.75, 3.05) is 19.6 Å². The average molecular weight is 334 g/mol. The molecule has 6 heteroatoms. The molecule has 1 saturated heterocycles. The first-order chi connectivity index (χ1) is 11.1. The van der Waals surface area contributed by atoms with Crippen molar-refractivity contribution in [3.63, 3.8) is 0 Å². The SMILES string of the molecule is CCCNC(=O)C1(C)CCN(C(=O)c2cc(C)nn2C(C)(C)C)C1. The minimum Gasteiger partial charge on any atom is -0.356 e. The molecule has 0 bridgehead atoms. The van der Waals surface area contributed by atoms with E-state index in [0.717, 1.165) is 12.1 Å². The summed E-state index contributed by atoms with van der Waals surface area (Å²) in [5.74, 6) is -0.00213. The molecule has 24 heavy (non-hydrogen) atoms. The molecule has 1 aliphatic heterocycles. The second-order valence-electron chi connectivity index (χ2n) is 8.05. The van der Waals surface area contributed by atoms with Crippen molar-refractivity contribution in [1.29, 1.82) is 0 Å². The highest BCUT2D eigenvalue weighted by Crippen LogP contribution is 2.31. The first-order valence-corrected chi connectivity index (χ1v) is 8.73. The molecule has 1 aliphatic rings. The number of likely N-dealkylation sites (tertiary alicyclic amines) is 1. The Bertz CT molecular complexity index is 629. The van der Waals surface area contributed by atoms with Crippen LogP contribution in [0.15, 0.2) is 6.07 Å². The third-order valence-corrected chi connectivity index (χ3v) is 4.53. The van der Waals surface area contributed by atoms with E-state index < -0.39 is 5.41 Å². The van der Waals surface area contributed by atoms with Crippen LogP contribution in [-0.2, 0) is 10.3 Å². The standard InChI is InChI=1S/C18H30N4O2/c1-7-9-19-16(24)18(6)8-10-21(12-18)15(23)14-11-13(2)20-22(14)17(3,4)5/h11H,7-10,12H2,1-6H3,(H,19,24). The van der Waals surface area contributed by atoms with Gasteiger partial charge in [0.2, 0.25) is 5.91 Å². The lowest BCUT2D eigenvalue weighted by atomic mass is 9.88. The Kier molecular flexibility index (Phi) is 5.06. The fourth-order valence-electron chi connectivity index (χ4n) is 3.10. The normalized spacial score (nSPS) is 21.2. The quantitative estimate of drug-likeness (QED) is 0.919. The molecule has 0 aromatic carbocycles. The van der Waals surface area contributed by atoms with Crippen molar-refractivity contribution in [3.05, 3.63) is 17.5 Å². The molecular formula is C18H30N4O2. The summed E-state index contributed by atoms with van der Waals surface area (Å²) in [6.07, 6.45) is 1.60. The molecule has 0 spiro atoms. The lowest BCUT2D eigenvalue weighted by Gasteiger charge is -2.26. The van der Waals surface area contributed by atoms with Gasteiger partial charge in [0.15, 0.2) is 0 Å². The number of aromatic nitrogens is 2. The van der Waals surface area contributed by atoms with Gasteiger partial charge in [-0.1, -0.05) is 6.92 Å². The van der Waals surface area contributed by atoms with Gasteiger partial charge in [0.1, 0.15) is 5.69 Å². The molecule has 1 aromatic heterocycles. The van der Waals surface area contributed by atoms with Crippen LogP contribution >= 0.6 is 0 Å². The number of nitrogens with zero attached hydrogens (tertiary/aromatic N) is 3. The molecular weight excluding hydrogens is 304 g/mol. The molecule has 1 aromatic rings. The molecule has 1 atom stereocenters. The van der Waals surface area contributed by atoms with E-state index in [1.54, 1.807) is 9.58 Å². The number of hydrogen-bond acceptors (Lipinski definition) is 3. The van der Waals surface area contributed by atoms with Gasteiger partial charge in [0.25, 0.3) is 5.91 Å². The lowest BCUT2D eigenvalue weighted by Crippen LogP contribution is -2.42. The third kappa shape index (κ3) is 3.62. The molecule has 6 nitrogen and oxygen atoms in total. The number of carbonyl (C=O) groups excluding carboxylic acids is 2. The molecule has 134 valence electrons. The fourth-order valence-corrected chi connectivity index (χ4v) is 3.10. The van der Waals surface area contributed by atoms with Crippen molar-refractivity contribution in [2.45, 2.75) is 59.9 Å². The monoisotopic (exact) mass is 334 g/mol. The molecule has 1 unspecified atom stereocenters. The Hall–Kier alpha value is -1.85. The van der Waals surface area contributed by atoms with Crippen molar-refractivity contribution in [1.82, 2.24) is 20.0 Å². The Morgan fingerprint density at radius 1 is 1.38 bits per heavy atom. The van der Waals surface area contributed by atoms with E-state index in [0.29, 0.717) is 31.7 Å². The molecule has 0 saturated carbocycles. The zero-order chi connectivity index (χ0) is 18.1. The highest BCUT2D eigenvalue weighted by atomic mass is 16.2. The van der Waals surface area contributed by atoms with Crippen molar-refractivity contribution in [3.8, 4) is 0 Å². The predicted octanol–water partition coefficient (Wildman–Crippen LogP) is 2.32. The highest BCUT2D eigenvalue weighted by Gasteiger charge is 2.42. The number of carbonyl (C=O) groups is 2. The van der Waals surface area contributed by atoms with Gasteiger partial charge in [-0.2, -0.15) is 5.10 Å². The number of amides is 2. The van der Waals surface area contributed by atoms with Gasteiger partial charge in [0.05, 0.1) is 16.6 Å². The number of aryl methyl sites for hydroxylation is 1. The zero-order valence-corrected chi connectivity index (χ0v) is 15.8. The third-order valence-electron chi connectivity index (χ3n) is 4.53. The Balaban J connectivity index is 2.17. The van der Waals surface area contributed by atoms with Crippen LogP contribution in [0.2, 0.25) is 0 Å². The molecule has 2 amide bonds. The van der Waals surface area contributed by atoms with E-state index in [-0.39, 0.29) is 17.4 Å². The van der Waals surface area contributed by atoms with Crippen molar-refractivity contribution >= 4 is 11.8 Å². The summed E-state index contributed by atoms with van der Waals surface area (Å²) in [5, 5.41) is 7.44. The van der Waals surface area contributed by atoms with Crippen LogP contribution in [0.1, 0.15) is 63.6 Å². The molecule has 1 N–H and O–H groups in total. The van der Waals surface area contributed by atoms with Crippen LogP contribution < -0.4 is 5.32 Å². The van der Waals surface area contributed by atoms with Crippen molar-refractivity contribution < 1.29 is 9.59 Å². The van der Waals surface area contributed by atoms with Crippen molar-refractivity contribution in [2.24, 2.45) is 5.41 Å². The zero-order valence-electron chi connectivity index (χ0n) is 15.8. The van der Waals surface area contributed by atoms with Gasteiger partial charge < -0.3 is 10.2 Å². The number of rotatable bonds is 4. The summed E-state index contributed by atoms with van der Waals surface area (Å²) in [4.78, 5) is 27.2. The summed E-state index contributed by atoms with van der Waals surface area (Å²) in [6.45, 7) is 13.7. The van der Waals surface area contributed by atoms with E-state index in [9.17, 15) is 9.59 Å². The summed E-state index contributed by atoms with van der Waals surface area (Å²) < 4.78 is 1.79. The van der Waals surface area contributed by atoms with Gasteiger partial charge >= 0.3 is 0 Å². The second-order valence-corrected chi connectivity index (χ2v) is 8.05. The number of nitrogens with one attached hydrogen (secondary N) is 1. The number of hydrogen-bond donors (Lipinski definition) is 1. The van der Waals surface area contributed by atoms with Gasteiger partial charge in [-0.05, 0) is 53.5 Å². The van der Waals surface area contributed by atoms with Crippen LogP contribution in [0.4, 0.5) is 0 Å². The molecule has 1 fully saturated rings. The topological polar surface area (TPSA) is 67.2 Å². The van der Waals surface area contributed by atoms with Gasteiger partial charge in [-0.25, -0.2) is 0 Å². The van der Waals surface area contributed by atoms with E-state index in [1.807, 2.05) is 47.6 Å². The lowest BCUT2D eigenvalue weighted by molar-refractivity contribution is -0.129. The Morgan fingerprint density at radius 3 is 2.62 bits per heavy atom. The van der Waals surface area contributed by atoms with E-state index in [4.69, 9.17) is 0 Å². The van der Waals surface area contributed by atoms with Crippen LogP contribution in [0.3, 0.4) is 0 Å².